The fourth-order valence-corrected chi connectivity index (χ4v) is 2.62. The van der Waals surface area contributed by atoms with Crippen molar-refractivity contribution >= 4 is 5.95 Å². The first-order chi connectivity index (χ1) is 10.3. The highest BCUT2D eigenvalue weighted by Crippen LogP contribution is 2.34. The van der Waals surface area contributed by atoms with E-state index in [2.05, 4.69) is 33.5 Å². The van der Waals surface area contributed by atoms with Gasteiger partial charge in [-0.05, 0) is 25.8 Å². The van der Waals surface area contributed by atoms with Crippen LogP contribution in [0, 0.1) is 12.8 Å². The van der Waals surface area contributed by atoms with Crippen molar-refractivity contribution in [3.63, 3.8) is 0 Å². The lowest BCUT2D eigenvalue weighted by Crippen LogP contribution is -2.18. The van der Waals surface area contributed by atoms with Crippen LogP contribution >= 0.6 is 0 Å². The van der Waals surface area contributed by atoms with E-state index in [1.165, 1.54) is 0 Å². The summed E-state index contributed by atoms with van der Waals surface area (Å²) < 4.78 is 7.82. The zero-order valence-corrected chi connectivity index (χ0v) is 12.5. The van der Waals surface area contributed by atoms with Crippen LogP contribution in [0.1, 0.15) is 30.6 Å². The van der Waals surface area contributed by atoms with Gasteiger partial charge in [-0.25, -0.2) is 9.97 Å². The van der Waals surface area contributed by atoms with Gasteiger partial charge in [-0.2, -0.15) is 5.10 Å². The van der Waals surface area contributed by atoms with Gasteiger partial charge < -0.3 is 10.1 Å². The molecule has 21 heavy (non-hydrogen) atoms. The van der Waals surface area contributed by atoms with Gasteiger partial charge in [-0.1, -0.05) is 0 Å². The van der Waals surface area contributed by atoms with Crippen molar-refractivity contribution in [3.8, 4) is 0 Å². The summed E-state index contributed by atoms with van der Waals surface area (Å²) in [6.45, 7) is 6.55. The second-order valence-corrected chi connectivity index (χ2v) is 5.43. The van der Waals surface area contributed by atoms with Crippen LogP contribution in [-0.4, -0.2) is 32.9 Å². The molecule has 0 spiro atoms. The van der Waals surface area contributed by atoms with Crippen molar-refractivity contribution in [1.29, 1.82) is 0 Å². The minimum absolute atomic E-state index is 0.114. The van der Waals surface area contributed by atoms with Crippen LogP contribution in [0.25, 0.3) is 0 Å². The second-order valence-electron chi connectivity index (χ2n) is 5.43. The maximum atomic E-state index is 5.88. The summed E-state index contributed by atoms with van der Waals surface area (Å²) in [6, 6.07) is 0. The van der Waals surface area contributed by atoms with Crippen molar-refractivity contribution in [1.82, 2.24) is 19.7 Å². The number of nitrogens with one attached hydrogen (secondary N) is 1. The number of anilines is 1. The minimum Gasteiger partial charge on any atom is -0.373 e. The fourth-order valence-electron chi connectivity index (χ4n) is 2.62. The van der Waals surface area contributed by atoms with E-state index in [0.717, 1.165) is 37.2 Å². The van der Waals surface area contributed by atoms with Gasteiger partial charge in [0.2, 0.25) is 5.95 Å². The van der Waals surface area contributed by atoms with Crippen molar-refractivity contribution in [2.75, 3.05) is 18.5 Å². The van der Waals surface area contributed by atoms with Crippen molar-refractivity contribution in [3.05, 3.63) is 35.9 Å². The summed E-state index contributed by atoms with van der Waals surface area (Å²) in [7, 11) is 0. The van der Waals surface area contributed by atoms with E-state index in [0.29, 0.717) is 11.9 Å². The van der Waals surface area contributed by atoms with Crippen LogP contribution in [0.2, 0.25) is 0 Å². The molecule has 0 aliphatic carbocycles. The third kappa shape index (κ3) is 3.21. The number of nitrogens with zero attached hydrogens (tertiary/aromatic N) is 4. The molecule has 0 radical (unpaired) electrons. The lowest BCUT2D eigenvalue weighted by Gasteiger charge is -2.17. The maximum Gasteiger partial charge on any atom is 0.222 e. The SMILES string of the molecule is CCn1cc([C@@H]2OCC[C@H]2CNc2ncc(C)cn2)cn1. The van der Waals surface area contributed by atoms with Crippen LogP contribution in [-0.2, 0) is 11.3 Å². The Kier molecular flexibility index (Phi) is 4.15. The Morgan fingerprint density at radius 2 is 2.14 bits per heavy atom. The lowest BCUT2D eigenvalue weighted by atomic mass is 9.97. The number of rotatable bonds is 5. The summed E-state index contributed by atoms with van der Waals surface area (Å²) >= 11 is 0. The molecule has 2 aromatic rings. The molecular weight excluding hydrogens is 266 g/mol. The van der Waals surface area contributed by atoms with Crippen LogP contribution in [0.5, 0.6) is 0 Å². The fraction of sp³-hybridized carbons (Fsp3) is 0.533. The van der Waals surface area contributed by atoms with Crippen LogP contribution < -0.4 is 5.32 Å². The molecule has 6 heteroatoms. The highest BCUT2D eigenvalue weighted by atomic mass is 16.5. The Hall–Kier alpha value is -1.95. The molecule has 0 saturated carbocycles. The molecule has 112 valence electrons. The minimum atomic E-state index is 0.114. The molecule has 3 heterocycles. The molecule has 2 aromatic heterocycles. The van der Waals surface area contributed by atoms with E-state index in [1.807, 2.05) is 30.2 Å². The molecular formula is C15H21N5O. The summed E-state index contributed by atoms with van der Waals surface area (Å²) in [5.74, 6) is 1.10. The van der Waals surface area contributed by atoms with Gasteiger partial charge in [0.25, 0.3) is 0 Å². The van der Waals surface area contributed by atoms with E-state index in [-0.39, 0.29) is 6.10 Å². The van der Waals surface area contributed by atoms with Gasteiger partial charge in [0, 0.05) is 49.8 Å². The first kappa shape index (κ1) is 14.0. The number of ether oxygens (including phenoxy) is 1. The zero-order valence-electron chi connectivity index (χ0n) is 12.5. The second kappa shape index (κ2) is 6.22. The first-order valence-corrected chi connectivity index (χ1v) is 7.42. The molecule has 2 atom stereocenters. The third-order valence-electron chi connectivity index (χ3n) is 3.82. The predicted octanol–water partition coefficient (Wildman–Crippen LogP) is 2.19. The van der Waals surface area contributed by atoms with Crippen LogP contribution in [0.4, 0.5) is 5.95 Å². The van der Waals surface area contributed by atoms with Crippen LogP contribution in [0.3, 0.4) is 0 Å². The van der Waals surface area contributed by atoms with Gasteiger partial charge in [-0.15, -0.1) is 0 Å². The van der Waals surface area contributed by atoms with Crippen LogP contribution in [0.15, 0.2) is 24.8 Å². The Balaban J connectivity index is 1.62. The van der Waals surface area contributed by atoms with Gasteiger partial charge >= 0.3 is 0 Å². The summed E-state index contributed by atoms with van der Waals surface area (Å²) in [5, 5.41) is 7.64. The number of aryl methyl sites for hydroxylation is 2. The zero-order chi connectivity index (χ0) is 14.7. The average molecular weight is 287 g/mol. The Morgan fingerprint density at radius 1 is 1.33 bits per heavy atom. The van der Waals surface area contributed by atoms with Gasteiger partial charge in [0.15, 0.2) is 0 Å². The monoisotopic (exact) mass is 287 g/mol. The quantitative estimate of drug-likeness (QED) is 0.913. The number of hydrogen-bond donors (Lipinski definition) is 1. The summed E-state index contributed by atoms with van der Waals surface area (Å²) in [5.41, 5.74) is 2.22. The van der Waals surface area contributed by atoms with E-state index in [9.17, 15) is 0 Å². The van der Waals surface area contributed by atoms with Crippen molar-refractivity contribution < 1.29 is 4.74 Å². The van der Waals surface area contributed by atoms with Crippen molar-refractivity contribution in [2.45, 2.75) is 32.9 Å². The number of aromatic nitrogens is 4. The molecule has 1 saturated heterocycles. The molecule has 1 aliphatic rings. The Morgan fingerprint density at radius 3 is 2.86 bits per heavy atom. The molecule has 0 aromatic carbocycles. The Labute approximate surface area is 124 Å². The molecule has 0 amide bonds. The van der Waals surface area contributed by atoms with Gasteiger partial charge in [0.05, 0.1) is 12.3 Å². The Bertz CT molecular complexity index is 580. The lowest BCUT2D eigenvalue weighted by molar-refractivity contribution is 0.0932. The van der Waals surface area contributed by atoms with E-state index in [1.54, 1.807) is 0 Å². The topological polar surface area (TPSA) is 64.9 Å². The maximum absolute atomic E-state index is 5.88. The molecule has 1 fully saturated rings. The third-order valence-corrected chi connectivity index (χ3v) is 3.82. The average Bonchev–Trinajstić information content (AvgIpc) is 3.15. The molecule has 3 rings (SSSR count). The smallest absolute Gasteiger partial charge is 0.222 e. The predicted molar refractivity (Wildman–Crippen MR) is 80.0 cm³/mol. The van der Waals surface area contributed by atoms with E-state index < -0.39 is 0 Å². The molecule has 0 bridgehead atoms. The standard InChI is InChI=1S/C15H21N5O/c1-3-20-10-13(9-19-20)14-12(4-5-21-14)8-18-15-16-6-11(2)7-17-15/h6-7,9-10,12,14H,3-5,8H2,1-2H3,(H,16,17,18)/t12-,14+/m0/s1. The largest absolute Gasteiger partial charge is 0.373 e. The normalized spacial score (nSPS) is 21.6. The highest BCUT2D eigenvalue weighted by molar-refractivity contribution is 5.25. The molecule has 1 N–H and O–H groups in total. The van der Waals surface area contributed by atoms with Crippen molar-refractivity contribution in [2.24, 2.45) is 5.92 Å². The first-order valence-electron chi connectivity index (χ1n) is 7.42. The highest BCUT2D eigenvalue weighted by Gasteiger charge is 2.30. The summed E-state index contributed by atoms with van der Waals surface area (Å²) in [4.78, 5) is 8.55. The van der Waals surface area contributed by atoms with Gasteiger partial charge in [-0.3, -0.25) is 4.68 Å². The molecule has 1 aliphatic heterocycles. The van der Waals surface area contributed by atoms with E-state index in [4.69, 9.17) is 4.74 Å². The summed E-state index contributed by atoms with van der Waals surface area (Å²) in [6.07, 6.45) is 8.79. The van der Waals surface area contributed by atoms with E-state index >= 15 is 0 Å². The molecule has 6 nitrogen and oxygen atoms in total. The molecule has 0 unspecified atom stereocenters. The van der Waals surface area contributed by atoms with Gasteiger partial charge in [0.1, 0.15) is 0 Å². The number of hydrogen-bond acceptors (Lipinski definition) is 5.